The van der Waals surface area contributed by atoms with Gasteiger partial charge in [0.1, 0.15) is 0 Å². The zero-order chi connectivity index (χ0) is 23.1. The molecule has 4 aromatic carbocycles. The third-order valence-corrected chi connectivity index (χ3v) is 5.67. The smallest absolute Gasteiger partial charge is 0.347 e. The van der Waals surface area contributed by atoms with Gasteiger partial charge in [-0.2, -0.15) is 0 Å². The zero-order valence-electron chi connectivity index (χ0n) is 17.8. The minimum absolute atomic E-state index is 0.281. The summed E-state index contributed by atoms with van der Waals surface area (Å²) < 4.78 is 10.8. The predicted molar refractivity (Wildman–Crippen MR) is 130 cm³/mol. The molecule has 0 atom stereocenters. The third kappa shape index (κ3) is 3.47. The number of para-hydroxylation sites is 2. The van der Waals surface area contributed by atoms with Crippen LogP contribution in [0.2, 0.25) is 0 Å². The molecule has 34 heavy (non-hydrogen) atoms. The molecule has 2 aromatic heterocycles. The summed E-state index contributed by atoms with van der Waals surface area (Å²) in [5.41, 5.74) is 3.77. The summed E-state index contributed by atoms with van der Waals surface area (Å²) in [5, 5.41) is 0.916. The molecule has 0 saturated carbocycles. The molecule has 6 heteroatoms. The van der Waals surface area contributed by atoms with E-state index < -0.39 is 11.3 Å². The van der Waals surface area contributed by atoms with Crippen LogP contribution in [0.1, 0.15) is 0 Å². The van der Waals surface area contributed by atoms with Gasteiger partial charge < -0.3 is 8.83 Å². The third-order valence-electron chi connectivity index (χ3n) is 5.67. The van der Waals surface area contributed by atoms with E-state index in [9.17, 15) is 9.59 Å². The number of aromatic nitrogens is 2. The molecule has 2 heterocycles. The maximum absolute atomic E-state index is 12.3. The summed E-state index contributed by atoms with van der Waals surface area (Å²) >= 11 is 0. The summed E-state index contributed by atoms with van der Waals surface area (Å²) in [6.07, 6.45) is 0. The first kappa shape index (κ1) is 19.8. The van der Waals surface area contributed by atoms with Gasteiger partial charge in [0.15, 0.2) is 0 Å². The van der Waals surface area contributed by atoms with E-state index in [-0.39, 0.29) is 11.8 Å². The van der Waals surface area contributed by atoms with Gasteiger partial charge in [-0.1, -0.05) is 48.5 Å². The summed E-state index contributed by atoms with van der Waals surface area (Å²) in [7, 11) is 0. The molecule has 0 unspecified atom stereocenters. The number of nitrogens with zero attached hydrogens (tertiary/aromatic N) is 2. The van der Waals surface area contributed by atoms with Crippen LogP contribution in [0.25, 0.3) is 55.8 Å². The highest BCUT2D eigenvalue weighted by atomic mass is 16.4. The van der Waals surface area contributed by atoms with Gasteiger partial charge in [0.25, 0.3) is 0 Å². The lowest BCUT2D eigenvalue weighted by atomic mass is 10.0. The van der Waals surface area contributed by atoms with E-state index >= 15 is 0 Å². The van der Waals surface area contributed by atoms with Crippen molar-refractivity contribution in [2.45, 2.75) is 0 Å². The molecule has 0 fully saturated rings. The lowest BCUT2D eigenvalue weighted by Gasteiger charge is -2.06. The average Bonchev–Trinajstić information content (AvgIpc) is 2.89. The zero-order valence-corrected chi connectivity index (χ0v) is 17.8. The summed E-state index contributed by atoms with van der Waals surface area (Å²) in [5.74, 6) is 0.561. The molecule has 0 aliphatic rings. The SMILES string of the molecule is O=c1oc(-c2ccc(-c3ccc(-c4nc5ccccc5c(=O)o4)cc3)cc2)nc2ccccc12. The van der Waals surface area contributed by atoms with Crippen LogP contribution in [0, 0.1) is 0 Å². The second-order valence-electron chi connectivity index (χ2n) is 7.80. The van der Waals surface area contributed by atoms with Gasteiger partial charge in [0, 0.05) is 11.1 Å². The fourth-order valence-electron chi connectivity index (χ4n) is 3.89. The number of fused-ring (bicyclic) bond motifs is 2. The van der Waals surface area contributed by atoms with Crippen molar-refractivity contribution >= 4 is 21.8 Å². The fourth-order valence-corrected chi connectivity index (χ4v) is 3.89. The highest BCUT2D eigenvalue weighted by molar-refractivity contribution is 5.80. The van der Waals surface area contributed by atoms with Crippen molar-refractivity contribution in [2.75, 3.05) is 0 Å². The Bertz CT molecular complexity index is 1650. The molecule has 0 radical (unpaired) electrons. The molecule has 0 spiro atoms. The minimum Gasteiger partial charge on any atom is -0.403 e. The second-order valence-corrected chi connectivity index (χ2v) is 7.80. The topological polar surface area (TPSA) is 86.2 Å². The number of hydrogen-bond donors (Lipinski definition) is 0. The van der Waals surface area contributed by atoms with E-state index in [0.29, 0.717) is 32.9 Å². The Hall–Kier alpha value is -4.84. The van der Waals surface area contributed by atoms with Crippen LogP contribution in [0.15, 0.2) is 115 Å². The van der Waals surface area contributed by atoms with Gasteiger partial charge >= 0.3 is 11.3 Å². The Balaban J connectivity index is 1.31. The Morgan fingerprint density at radius 2 is 0.794 bits per heavy atom. The summed E-state index contributed by atoms with van der Waals surface area (Å²) in [6.45, 7) is 0. The first-order chi connectivity index (χ1) is 16.7. The molecule has 0 saturated heterocycles. The van der Waals surface area contributed by atoms with E-state index in [1.807, 2.05) is 60.7 Å². The lowest BCUT2D eigenvalue weighted by molar-refractivity contribution is 0.518. The van der Waals surface area contributed by atoms with Crippen molar-refractivity contribution < 1.29 is 8.83 Å². The Kier molecular flexibility index (Phi) is 4.63. The lowest BCUT2D eigenvalue weighted by Crippen LogP contribution is -2.02. The molecule has 0 aliphatic heterocycles. The summed E-state index contributed by atoms with van der Waals surface area (Å²) in [6, 6.07) is 29.4. The van der Waals surface area contributed by atoms with Crippen LogP contribution >= 0.6 is 0 Å². The van der Waals surface area contributed by atoms with Crippen LogP contribution in [0.4, 0.5) is 0 Å². The molecule has 6 nitrogen and oxygen atoms in total. The Labute approximate surface area is 192 Å². The molecule has 0 N–H and O–H groups in total. The van der Waals surface area contributed by atoms with Gasteiger partial charge in [-0.3, -0.25) is 0 Å². The van der Waals surface area contributed by atoms with Crippen LogP contribution in [-0.4, -0.2) is 9.97 Å². The van der Waals surface area contributed by atoms with Crippen molar-refractivity contribution in [2.24, 2.45) is 0 Å². The van der Waals surface area contributed by atoms with E-state index in [1.165, 1.54) is 0 Å². The fraction of sp³-hybridized carbons (Fsp3) is 0. The molecule has 0 bridgehead atoms. The van der Waals surface area contributed by atoms with E-state index in [0.717, 1.165) is 11.1 Å². The molecule has 0 aliphatic carbocycles. The van der Waals surface area contributed by atoms with E-state index in [1.54, 1.807) is 36.4 Å². The van der Waals surface area contributed by atoms with Crippen molar-refractivity contribution in [3.8, 4) is 34.0 Å². The maximum Gasteiger partial charge on any atom is 0.347 e. The molecule has 162 valence electrons. The van der Waals surface area contributed by atoms with Crippen molar-refractivity contribution in [3.05, 3.63) is 118 Å². The van der Waals surface area contributed by atoms with Crippen LogP contribution in [0.3, 0.4) is 0 Å². The average molecular weight is 444 g/mol. The normalized spacial score (nSPS) is 11.2. The number of rotatable bonds is 3. The van der Waals surface area contributed by atoms with Crippen LogP contribution < -0.4 is 11.3 Å². The number of hydrogen-bond acceptors (Lipinski definition) is 6. The van der Waals surface area contributed by atoms with Crippen molar-refractivity contribution in [1.29, 1.82) is 0 Å². The molecule has 6 aromatic rings. The number of benzene rings is 4. The van der Waals surface area contributed by atoms with Gasteiger partial charge in [0.2, 0.25) is 11.8 Å². The van der Waals surface area contributed by atoms with Gasteiger partial charge in [-0.05, 0) is 59.7 Å². The summed E-state index contributed by atoms with van der Waals surface area (Å²) in [4.78, 5) is 33.5. The van der Waals surface area contributed by atoms with Crippen molar-refractivity contribution in [1.82, 2.24) is 9.97 Å². The maximum atomic E-state index is 12.3. The Morgan fingerprint density at radius 3 is 1.21 bits per heavy atom. The first-order valence-corrected chi connectivity index (χ1v) is 10.7. The van der Waals surface area contributed by atoms with Crippen LogP contribution in [0.5, 0.6) is 0 Å². The van der Waals surface area contributed by atoms with Crippen molar-refractivity contribution in [3.63, 3.8) is 0 Å². The highest BCUT2D eigenvalue weighted by Gasteiger charge is 2.10. The van der Waals surface area contributed by atoms with Gasteiger partial charge in [-0.15, -0.1) is 0 Å². The highest BCUT2D eigenvalue weighted by Crippen LogP contribution is 2.27. The monoisotopic (exact) mass is 444 g/mol. The minimum atomic E-state index is -0.408. The van der Waals surface area contributed by atoms with E-state index in [4.69, 9.17) is 8.83 Å². The Morgan fingerprint density at radius 1 is 0.441 bits per heavy atom. The standard InChI is InChI=1S/C28H16N2O4/c31-27-21-5-1-3-7-23(21)29-25(33-27)19-13-9-17(10-14-19)18-11-15-20(16-12-18)26-30-24-8-4-2-6-22(24)28(32)34-26/h1-16H. The molecular formula is C28H16N2O4. The van der Waals surface area contributed by atoms with Crippen LogP contribution in [-0.2, 0) is 0 Å². The van der Waals surface area contributed by atoms with Gasteiger partial charge in [0.05, 0.1) is 21.8 Å². The van der Waals surface area contributed by atoms with Gasteiger partial charge in [-0.25, -0.2) is 19.6 Å². The largest absolute Gasteiger partial charge is 0.403 e. The first-order valence-electron chi connectivity index (χ1n) is 10.7. The quantitative estimate of drug-likeness (QED) is 0.349. The second kappa shape index (κ2) is 7.94. The molecule has 6 rings (SSSR count). The van der Waals surface area contributed by atoms with E-state index in [2.05, 4.69) is 9.97 Å². The molecular weight excluding hydrogens is 428 g/mol. The molecule has 0 amide bonds. The predicted octanol–water partition coefficient (Wildman–Crippen LogP) is 5.69.